The van der Waals surface area contributed by atoms with Crippen LogP contribution in [-0.4, -0.2) is 26.4 Å². The number of ketones is 1. The Balaban J connectivity index is 2.58. The molecule has 0 atom stereocenters. The van der Waals surface area contributed by atoms with E-state index in [2.05, 4.69) is 4.98 Å². The summed E-state index contributed by atoms with van der Waals surface area (Å²) < 4.78 is 1.70. The summed E-state index contributed by atoms with van der Waals surface area (Å²) in [5.41, 5.74) is 2.03. The molecule has 0 unspecified atom stereocenters. The Kier molecular flexibility index (Phi) is 3.64. The van der Waals surface area contributed by atoms with Crippen LogP contribution in [-0.2, 0) is 17.8 Å². The summed E-state index contributed by atoms with van der Waals surface area (Å²) in [4.78, 5) is 26.7. The zero-order valence-corrected chi connectivity index (χ0v) is 11.0. The van der Waals surface area contributed by atoms with Crippen LogP contribution >= 0.6 is 0 Å². The number of aliphatic carboxylic acids is 1. The fraction of sp³-hybridized carbons (Fsp3) is 0.357. The highest BCUT2D eigenvalue weighted by molar-refractivity contribution is 5.97. The minimum Gasteiger partial charge on any atom is -0.480 e. The fourth-order valence-electron chi connectivity index (χ4n) is 2.12. The maximum absolute atomic E-state index is 11.4. The molecule has 100 valence electrons. The predicted octanol–water partition coefficient (Wildman–Crippen LogP) is 2.28. The van der Waals surface area contributed by atoms with Gasteiger partial charge in [0.05, 0.1) is 11.0 Å². The monoisotopic (exact) mass is 260 g/mol. The van der Waals surface area contributed by atoms with E-state index in [1.807, 2.05) is 6.92 Å². The Morgan fingerprint density at radius 3 is 2.68 bits per heavy atom. The van der Waals surface area contributed by atoms with Crippen molar-refractivity contribution in [1.29, 1.82) is 0 Å². The van der Waals surface area contributed by atoms with Crippen molar-refractivity contribution in [2.24, 2.45) is 0 Å². The molecule has 0 saturated heterocycles. The van der Waals surface area contributed by atoms with E-state index in [9.17, 15) is 9.59 Å². The molecule has 0 aliphatic rings. The summed E-state index contributed by atoms with van der Waals surface area (Å²) in [7, 11) is 0. The van der Waals surface area contributed by atoms with Crippen LogP contribution in [0.3, 0.4) is 0 Å². The van der Waals surface area contributed by atoms with Gasteiger partial charge in [-0.15, -0.1) is 0 Å². The van der Waals surface area contributed by atoms with Gasteiger partial charge in [0, 0.05) is 12.0 Å². The number of imidazole rings is 1. The second-order valence-corrected chi connectivity index (χ2v) is 4.52. The molecule has 1 heterocycles. The van der Waals surface area contributed by atoms with E-state index < -0.39 is 5.97 Å². The van der Waals surface area contributed by atoms with Gasteiger partial charge in [0.1, 0.15) is 12.4 Å². The van der Waals surface area contributed by atoms with Crippen LogP contribution < -0.4 is 0 Å². The molecule has 0 amide bonds. The minimum absolute atomic E-state index is 0.0215. The lowest BCUT2D eigenvalue weighted by Gasteiger charge is -2.05. The standard InChI is InChI=1S/C14H16N2O3/c1-3-4-13-15-11-7-10(9(2)17)5-6-12(11)16(13)8-14(18)19/h5-7H,3-4,8H2,1-2H3,(H,18,19). The summed E-state index contributed by atoms with van der Waals surface area (Å²) in [5, 5.41) is 8.98. The van der Waals surface area contributed by atoms with Crippen molar-refractivity contribution in [3.8, 4) is 0 Å². The Hall–Kier alpha value is -2.17. The van der Waals surface area contributed by atoms with Gasteiger partial charge < -0.3 is 9.67 Å². The average Bonchev–Trinajstić information content (AvgIpc) is 2.66. The van der Waals surface area contributed by atoms with E-state index in [-0.39, 0.29) is 12.3 Å². The first kappa shape index (κ1) is 13.3. The molecule has 0 fully saturated rings. The van der Waals surface area contributed by atoms with E-state index in [0.29, 0.717) is 11.1 Å². The van der Waals surface area contributed by atoms with Crippen molar-refractivity contribution in [3.63, 3.8) is 0 Å². The molecular formula is C14H16N2O3. The Morgan fingerprint density at radius 2 is 2.11 bits per heavy atom. The minimum atomic E-state index is -0.896. The van der Waals surface area contributed by atoms with Gasteiger partial charge in [0.2, 0.25) is 0 Å². The smallest absolute Gasteiger partial charge is 0.323 e. The maximum atomic E-state index is 11.4. The lowest BCUT2D eigenvalue weighted by atomic mass is 10.1. The van der Waals surface area contributed by atoms with Gasteiger partial charge >= 0.3 is 5.97 Å². The van der Waals surface area contributed by atoms with Crippen LogP contribution in [0.1, 0.15) is 36.5 Å². The molecule has 5 heteroatoms. The number of carboxylic acid groups (broad SMARTS) is 1. The maximum Gasteiger partial charge on any atom is 0.323 e. The fourth-order valence-corrected chi connectivity index (χ4v) is 2.12. The van der Waals surface area contributed by atoms with E-state index >= 15 is 0 Å². The Bertz CT molecular complexity index is 643. The molecule has 1 aromatic heterocycles. The van der Waals surface area contributed by atoms with E-state index in [1.165, 1.54) is 6.92 Å². The highest BCUT2D eigenvalue weighted by Crippen LogP contribution is 2.19. The molecule has 0 saturated carbocycles. The molecule has 5 nitrogen and oxygen atoms in total. The topological polar surface area (TPSA) is 72.2 Å². The summed E-state index contributed by atoms with van der Waals surface area (Å²) in [6, 6.07) is 5.19. The number of nitrogens with zero attached hydrogens (tertiary/aromatic N) is 2. The number of carbonyl (C=O) groups is 2. The number of carbonyl (C=O) groups excluding carboxylic acids is 1. The molecule has 0 bridgehead atoms. The van der Waals surface area contributed by atoms with Crippen LogP contribution in [0, 0.1) is 0 Å². The zero-order valence-electron chi connectivity index (χ0n) is 11.0. The van der Waals surface area contributed by atoms with Crippen LogP contribution in [0.5, 0.6) is 0 Å². The van der Waals surface area contributed by atoms with Gasteiger partial charge in [0.15, 0.2) is 5.78 Å². The molecule has 2 rings (SSSR count). The first-order valence-electron chi connectivity index (χ1n) is 6.24. The molecule has 0 spiro atoms. The van der Waals surface area contributed by atoms with Gasteiger partial charge in [-0.3, -0.25) is 9.59 Å². The normalized spacial score (nSPS) is 10.8. The van der Waals surface area contributed by atoms with Crippen molar-refractivity contribution in [2.45, 2.75) is 33.2 Å². The predicted molar refractivity (Wildman–Crippen MR) is 71.4 cm³/mol. The van der Waals surface area contributed by atoms with Gasteiger partial charge in [-0.1, -0.05) is 6.92 Å². The van der Waals surface area contributed by atoms with Gasteiger partial charge in [-0.05, 0) is 31.5 Å². The third-order valence-corrected chi connectivity index (χ3v) is 3.00. The van der Waals surface area contributed by atoms with E-state index in [4.69, 9.17) is 5.11 Å². The molecular weight excluding hydrogens is 244 g/mol. The molecule has 0 aliphatic heterocycles. The number of aryl methyl sites for hydroxylation is 1. The summed E-state index contributed by atoms with van der Waals surface area (Å²) >= 11 is 0. The second kappa shape index (κ2) is 5.22. The number of Topliss-reactive ketones (excluding diaryl/α,β-unsaturated/α-hetero) is 1. The van der Waals surface area contributed by atoms with Crippen molar-refractivity contribution in [1.82, 2.24) is 9.55 Å². The SMILES string of the molecule is CCCc1nc2cc(C(C)=O)ccc2n1CC(=O)O. The number of fused-ring (bicyclic) bond motifs is 1. The largest absolute Gasteiger partial charge is 0.480 e. The molecule has 0 aliphatic carbocycles. The number of aromatic nitrogens is 2. The van der Waals surface area contributed by atoms with Crippen molar-refractivity contribution < 1.29 is 14.7 Å². The Labute approximate surface area is 110 Å². The summed E-state index contributed by atoms with van der Waals surface area (Å²) in [5.74, 6) is -0.167. The Morgan fingerprint density at radius 1 is 1.37 bits per heavy atom. The lowest BCUT2D eigenvalue weighted by Crippen LogP contribution is -2.11. The second-order valence-electron chi connectivity index (χ2n) is 4.52. The zero-order chi connectivity index (χ0) is 14.0. The molecule has 1 aromatic carbocycles. The number of benzene rings is 1. The van der Waals surface area contributed by atoms with Crippen molar-refractivity contribution in [2.75, 3.05) is 0 Å². The van der Waals surface area contributed by atoms with Gasteiger partial charge in [-0.2, -0.15) is 0 Å². The third-order valence-electron chi connectivity index (χ3n) is 3.00. The molecule has 0 radical (unpaired) electrons. The third kappa shape index (κ3) is 2.65. The average molecular weight is 260 g/mol. The molecule has 19 heavy (non-hydrogen) atoms. The van der Waals surface area contributed by atoms with Crippen LogP contribution in [0.2, 0.25) is 0 Å². The number of hydrogen-bond acceptors (Lipinski definition) is 3. The number of rotatable bonds is 5. The van der Waals surface area contributed by atoms with Gasteiger partial charge in [0.25, 0.3) is 0 Å². The highest BCUT2D eigenvalue weighted by Gasteiger charge is 2.13. The molecule has 2 aromatic rings. The van der Waals surface area contributed by atoms with E-state index in [0.717, 1.165) is 24.2 Å². The van der Waals surface area contributed by atoms with Crippen LogP contribution in [0.25, 0.3) is 11.0 Å². The number of carboxylic acids is 1. The highest BCUT2D eigenvalue weighted by atomic mass is 16.4. The lowest BCUT2D eigenvalue weighted by molar-refractivity contribution is -0.137. The number of hydrogen-bond donors (Lipinski definition) is 1. The summed E-state index contributed by atoms with van der Waals surface area (Å²) in [6.45, 7) is 3.42. The first-order chi connectivity index (χ1) is 9.02. The summed E-state index contributed by atoms with van der Waals surface area (Å²) in [6.07, 6.45) is 1.61. The van der Waals surface area contributed by atoms with Gasteiger partial charge in [-0.25, -0.2) is 4.98 Å². The van der Waals surface area contributed by atoms with Crippen molar-refractivity contribution in [3.05, 3.63) is 29.6 Å². The van der Waals surface area contributed by atoms with Crippen LogP contribution in [0.4, 0.5) is 0 Å². The quantitative estimate of drug-likeness (QED) is 0.837. The van der Waals surface area contributed by atoms with E-state index in [1.54, 1.807) is 22.8 Å². The molecule has 1 N–H and O–H groups in total. The van der Waals surface area contributed by atoms with Crippen molar-refractivity contribution >= 4 is 22.8 Å². The first-order valence-corrected chi connectivity index (χ1v) is 6.24. The van der Waals surface area contributed by atoms with Crippen LogP contribution in [0.15, 0.2) is 18.2 Å².